The SMILES string of the molecule is CC(C)(NC(=O)C(C)(C)[N+](=O)[O-])C(=O)O. The van der Waals surface area contributed by atoms with E-state index < -0.39 is 27.9 Å². The molecule has 0 bridgehead atoms. The lowest BCUT2D eigenvalue weighted by Gasteiger charge is -2.24. The number of hydrogen-bond donors (Lipinski definition) is 2. The number of carboxylic acids is 1. The van der Waals surface area contributed by atoms with Gasteiger partial charge in [0.2, 0.25) is 0 Å². The Morgan fingerprint density at radius 1 is 1.27 bits per heavy atom. The average Bonchev–Trinajstić information content (AvgIpc) is 2.02. The third-order valence-corrected chi connectivity index (χ3v) is 1.97. The van der Waals surface area contributed by atoms with E-state index in [0.717, 1.165) is 13.8 Å². The molecule has 0 aliphatic rings. The minimum atomic E-state index is -1.84. The topological polar surface area (TPSA) is 110 Å². The second kappa shape index (κ2) is 3.84. The summed E-state index contributed by atoms with van der Waals surface area (Å²) in [7, 11) is 0. The monoisotopic (exact) mass is 218 g/mol. The molecule has 2 N–H and O–H groups in total. The molecular weight excluding hydrogens is 204 g/mol. The lowest BCUT2D eigenvalue weighted by molar-refractivity contribution is -0.543. The van der Waals surface area contributed by atoms with Crippen LogP contribution in [-0.2, 0) is 9.59 Å². The molecule has 0 saturated carbocycles. The molecule has 0 unspecified atom stereocenters. The molecule has 0 rings (SSSR count). The first-order valence-electron chi connectivity index (χ1n) is 4.22. The maximum absolute atomic E-state index is 11.4. The maximum atomic E-state index is 11.4. The second-order valence-electron chi connectivity index (χ2n) is 4.20. The van der Waals surface area contributed by atoms with E-state index in [0.29, 0.717) is 0 Å². The Morgan fingerprint density at radius 3 is 1.93 bits per heavy atom. The maximum Gasteiger partial charge on any atom is 0.328 e. The summed E-state index contributed by atoms with van der Waals surface area (Å²) in [5, 5.41) is 21.3. The van der Waals surface area contributed by atoms with E-state index in [1.54, 1.807) is 0 Å². The molecule has 0 aliphatic heterocycles. The van der Waals surface area contributed by atoms with Crippen LogP contribution in [0.25, 0.3) is 0 Å². The largest absolute Gasteiger partial charge is 0.480 e. The average molecular weight is 218 g/mol. The van der Waals surface area contributed by atoms with Crippen LogP contribution in [0.15, 0.2) is 0 Å². The van der Waals surface area contributed by atoms with Gasteiger partial charge in [-0.25, -0.2) is 4.79 Å². The van der Waals surface area contributed by atoms with Gasteiger partial charge in [0.15, 0.2) is 0 Å². The lowest BCUT2D eigenvalue weighted by Crippen LogP contribution is -2.57. The van der Waals surface area contributed by atoms with Crippen molar-refractivity contribution in [1.29, 1.82) is 0 Å². The van der Waals surface area contributed by atoms with Gasteiger partial charge in [-0.05, 0) is 13.8 Å². The van der Waals surface area contributed by atoms with Gasteiger partial charge in [0.05, 0.1) is 0 Å². The van der Waals surface area contributed by atoms with Crippen molar-refractivity contribution in [1.82, 2.24) is 5.32 Å². The Bertz CT molecular complexity index is 308. The quantitative estimate of drug-likeness (QED) is 0.510. The first-order chi connectivity index (χ1) is 6.51. The van der Waals surface area contributed by atoms with Gasteiger partial charge in [0.25, 0.3) is 11.4 Å². The van der Waals surface area contributed by atoms with Crippen molar-refractivity contribution >= 4 is 11.9 Å². The number of nitro groups is 1. The van der Waals surface area contributed by atoms with Crippen molar-refractivity contribution < 1.29 is 19.6 Å². The zero-order valence-corrected chi connectivity index (χ0v) is 9.03. The molecule has 0 heterocycles. The zero-order valence-electron chi connectivity index (χ0n) is 9.03. The smallest absolute Gasteiger partial charge is 0.328 e. The van der Waals surface area contributed by atoms with Gasteiger partial charge in [-0.3, -0.25) is 14.9 Å². The number of carbonyl (C=O) groups is 2. The minimum absolute atomic E-state index is 0.764. The van der Waals surface area contributed by atoms with E-state index in [1.807, 2.05) is 0 Å². The fourth-order valence-electron chi connectivity index (χ4n) is 0.573. The predicted molar refractivity (Wildman–Crippen MR) is 50.9 cm³/mol. The number of nitrogens with zero attached hydrogens (tertiary/aromatic N) is 1. The fourth-order valence-corrected chi connectivity index (χ4v) is 0.573. The molecule has 0 saturated heterocycles. The molecule has 0 aromatic heterocycles. The van der Waals surface area contributed by atoms with E-state index in [-0.39, 0.29) is 0 Å². The first-order valence-corrected chi connectivity index (χ1v) is 4.22. The van der Waals surface area contributed by atoms with E-state index in [2.05, 4.69) is 5.32 Å². The van der Waals surface area contributed by atoms with Gasteiger partial charge in [-0.2, -0.15) is 0 Å². The zero-order chi connectivity index (χ0) is 12.4. The summed E-state index contributed by atoms with van der Waals surface area (Å²) in [6.45, 7) is 4.73. The Hall–Kier alpha value is -1.66. The summed E-state index contributed by atoms with van der Waals surface area (Å²) in [6.07, 6.45) is 0. The summed E-state index contributed by atoms with van der Waals surface area (Å²) < 4.78 is 0. The van der Waals surface area contributed by atoms with Crippen molar-refractivity contribution in [2.45, 2.75) is 38.8 Å². The molecule has 86 valence electrons. The van der Waals surface area contributed by atoms with E-state index in [1.165, 1.54) is 13.8 Å². The summed E-state index contributed by atoms with van der Waals surface area (Å²) in [6, 6.07) is 0. The van der Waals surface area contributed by atoms with Gasteiger partial charge in [-0.1, -0.05) is 0 Å². The summed E-state index contributed by atoms with van der Waals surface area (Å²) in [5.74, 6) is -2.19. The third kappa shape index (κ3) is 2.90. The molecule has 0 aromatic carbocycles. The van der Waals surface area contributed by atoms with Gasteiger partial charge in [0, 0.05) is 18.8 Å². The Morgan fingerprint density at radius 2 is 1.67 bits per heavy atom. The van der Waals surface area contributed by atoms with Gasteiger partial charge in [0.1, 0.15) is 5.54 Å². The van der Waals surface area contributed by atoms with Crippen LogP contribution in [0.3, 0.4) is 0 Å². The van der Waals surface area contributed by atoms with Crippen molar-refractivity contribution in [2.24, 2.45) is 0 Å². The Balaban J connectivity index is 4.79. The Labute approximate surface area is 86.6 Å². The number of aliphatic carboxylic acids is 1. The van der Waals surface area contributed by atoms with Crippen LogP contribution in [0.4, 0.5) is 0 Å². The lowest BCUT2D eigenvalue weighted by atomic mass is 10.0. The summed E-state index contributed by atoms with van der Waals surface area (Å²) in [4.78, 5) is 31.8. The van der Waals surface area contributed by atoms with Crippen LogP contribution in [0.5, 0.6) is 0 Å². The molecule has 0 aliphatic carbocycles. The van der Waals surface area contributed by atoms with Crippen LogP contribution in [0, 0.1) is 10.1 Å². The first kappa shape index (κ1) is 13.3. The third-order valence-electron chi connectivity index (χ3n) is 1.97. The van der Waals surface area contributed by atoms with Crippen molar-refractivity contribution in [3.63, 3.8) is 0 Å². The molecule has 0 atom stereocenters. The highest BCUT2D eigenvalue weighted by molar-refractivity contribution is 5.90. The number of nitrogens with one attached hydrogen (secondary N) is 1. The molecule has 7 heteroatoms. The molecule has 0 fully saturated rings. The predicted octanol–water partition coefficient (Wildman–Crippen LogP) is 0.0211. The fraction of sp³-hybridized carbons (Fsp3) is 0.750. The molecule has 0 aromatic rings. The Kier molecular flexibility index (Phi) is 3.41. The molecule has 1 amide bonds. The van der Waals surface area contributed by atoms with Crippen LogP contribution in [0.2, 0.25) is 0 Å². The van der Waals surface area contributed by atoms with Gasteiger partial charge < -0.3 is 10.4 Å². The van der Waals surface area contributed by atoms with Crippen LogP contribution < -0.4 is 5.32 Å². The molecule has 0 radical (unpaired) electrons. The van der Waals surface area contributed by atoms with Crippen LogP contribution in [0.1, 0.15) is 27.7 Å². The van der Waals surface area contributed by atoms with Gasteiger partial charge in [-0.15, -0.1) is 0 Å². The summed E-state index contributed by atoms with van der Waals surface area (Å²) >= 11 is 0. The molecule has 15 heavy (non-hydrogen) atoms. The molecule has 0 spiro atoms. The van der Waals surface area contributed by atoms with Crippen molar-refractivity contribution in [2.75, 3.05) is 0 Å². The van der Waals surface area contributed by atoms with E-state index >= 15 is 0 Å². The van der Waals surface area contributed by atoms with Crippen LogP contribution >= 0.6 is 0 Å². The highest BCUT2D eigenvalue weighted by atomic mass is 16.6. The minimum Gasteiger partial charge on any atom is -0.480 e. The number of carboxylic acid groups (broad SMARTS) is 1. The molecule has 7 nitrogen and oxygen atoms in total. The van der Waals surface area contributed by atoms with E-state index in [4.69, 9.17) is 5.11 Å². The van der Waals surface area contributed by atoms with Crippen LogP contribution in [-0.4, -0.2) is 33.0 Å². The number of hydrogen-bond acceptors (Lipinski definition) is 4. The number of rotatable bonds is 4. The van der Waals surface area contributed by atoms with E-state index in [9.17, 15) is 19.7 Å². The van der Waals surface area contributed by atoms with Gasteiger partial charge >= 0.3 is 5.97 Å². The molecular formula is C8H14N2O5. The summed E-state index contributed by atoms with van der Waals surface area (Å²) in [5.41, 5.74) is -3.36. The standard InChI is InChI=1S/C8H14N2O5/c1-7(2,6(12)13)9-5(11)8(3,4)10(14)15/h1-4H3,(H,9,11)(H,12,13). The van der Waals surface area contributed by atoms with Crippen molar-refractivity contribution in [3.8, 4) is 0 Å². The highest BCUT2D eigenvalue weighted by Crippen LogP contribution is 2.11. The number of amides is 1. The number of carbonyl (C=O) groups excluding carboxylic acids is 1. The second-order valence-corrected chi connectivity index (χ2v) is 4.20. The van der Waals surface area contributed by atoms with Crippen molar-refractivity contribution in [3.05, 3.63) is 10.1 Å². The normalized spacial score (nSPS) is 12.0. The highest BCUT2D eigenvalue weighted by Gasteiger charge is 2.44.